The first-order valence-electron chi connectivity index (χ1n) is 10.4. The Kier molecular flexibility index (Phi) is 4.65. The Labute approximate surface area is 180 Å². The van der Waals surface area contributed by atoms with Gasteiger partial charge in [-0.25, -0.2) is 22.4 Å². The molecule has 1 aromatic carbocycles. The maximum atomic E-state index is 14.6. The highest BCUT2D eigenvalue weighted by Crippen LogP contribution is 2.69. The third-order valence-corrected chi connectivity index (χ3v) is 7.04. The zero-order valence-corrected chi connectivity index (χ0v) is 16.9. The predicted octanol–water partition coefficient (Wildman–Crippen LogP) is 2.59. The molecule has 3 saturated carbocycles. The van der Waals surface area contributed by atoms with Gasteiger partial charge >= 0.3 is 6.09 Å². The molecule has 3 amide bonds. The second-order valence-corrected chi connectivity index (χ2v) is 9.36. The van der Waals surface area contributed by atoms with Crippen molar-refractivity contribution in [3.8, 4) is 0 Å². The first-order chi connectivity index (χ1) is 15.1. The molecule has 11 heteroatoms. The third kappa shape index (κ3) is 3.29. The number of piperidine rings is 1. The molecule has 2 bridgehead atoms. The number of hydrogen-bond donors (Lipinski definition) is 2. The van der Waals surface area contributed by atoms with Crippen LogP contribution in [0.2, 0.25) is 0 Å². The zero-order valence-electron chi connectivity index (χ0n) is 16.9. The Hall–Kier alpha value is -2.85. The number of amides is 3. The molecule has 2 N–H and O–H groups in total. The largest absolute Gasteiger partial charge is 0.442 e. The Morgan fingerprint density at radius 3 is 2.34 bits per heavy atom. The van der Waals surface area contributed by atoms with E-state index in [-0.39, 0.29) is 56.4 Å². The predicted molar refractivity (Wildman–Crippen MR) is 102 cm³/mol. The van der Waals surface area contributed by atoms with E-state index in [0.717, 1.165) is 12.1 Å². The number of nitrogens with one attached hydrogen (secondary N) is 2. The number of hydrogen-bond acceptors (Lipinski definition) is 5. The van der Waals surface area contributed by atoms with E-state index in [2.05, 4.69) is 10.6 Å². The number of halogens is 4. The van der Waals surface area contributed by atoms with Gasteiger partial charge in [-0.2, -0.15) is 0 Å². The number of imide groups is 1. The number of ether oxygens (including phenoxy) is 1. The van der Waals surface area contributed by atoms with E-state index >= 15 is 0 Å². The summed E-state index contributed by atoms with van der Waals surface area (Å²) >= 11 is 0. The average molecular weight is 455 g/mol. The lowest BCUT2D eigenvalue weighted by Gasteiger charge is -2.69. The van der Waals surface area contributed by atoms with Crippen LogP contribution in [0.4, 0.5) is 28.0 Å². The van der Waals surface area contributed by atoms with Gasteiger partial charge in [0, 0.05) is 28.6 Å². The molecule has 0 aromatic heterocycles. The summed E-state index contributed by atoms with van der Waals surface area (Å²) in [5.41, 5.74) is -1.66. The fourth-order valence-electron chi connectivity index (χ4n) is 5.41. The number of alkyl carbamates (subject to hydrolysis) is 1. The zero-order chi connectivity index (χ0) is 22.8. The highest BCUT2D eigenvalue weighted by molar-refractivity contribution is 6.01. The maximum absolute atomic E-state index is 14.6. The van der Waals surface area contributed by atoms with Crippen LogP contribution >= 0.6 is 0 Å². The maximum Gasteiger partial charge on any atom is 0.407 e. The van der Waals surface area contributed by atoms with Crippen LogP contribution < -0.4 is 15.5 Å². The molecule has 5 aliphatic rings. The minimum Gasteiger partial charge on any atom is -0.442 e. The van der Waals surface area contributed by atoms with Crippen molar-refractivity contribution >= 4 is 23.6 Å². The Morgan fingerprint density at radius 1 is 1.16 bits per heavy atom. The van der Waals surface area contributed by atoms with Crippen LogP contribution in [-0.2, 0) is 14.3 Å². The molecule has 2 aliphatic heterocycles. The lowest BCUT2D eigenvalue weighted by atomic mass is 9.39. The highest BCUT2D eigenvalue weighted by Gasteiger charge is 2.72. The van der Waals surface area contributed by atoms with Gasteiger partial charge in [-0.05, 0) is 37.8 Å². The van der Waals surface area contributed by atoms with E-state index in [1.54, 1.807) is 4.90 Å². The monoisotopic (exact) mass is 455 g/mol. The third-order valence-electron chi connectivity index (χ3n) is 7.04. The van der Waals surface area contributed by atoms with E-state index < -0.39 is 58.9 Å². The second kappa shape index (κ2) is 7.08. The van der Waals surface area contributed by atoms with Crippen molar-refractivity contribution in [2.75, 3.05) is 18.0 Å². The number of nitrogens with zero attached hydrogens (tertiary/aromatic N) is 1. The van der Waals surface area contributed by atoms with Gasteiger partial charge in [0.15, 0.2) is 0 Å². The van der Waals surface area contributed by atoms with Gasteiger partial charge in [-0.1, -0.05) is 0 Å². The molecular formula is C21H21F4N3O4. The molecule has 0 spiro atoms. The van der Waals surface area contributed by atoms with Gasteiger partial charge in [-0.3, -0.25) is 14.9 Å². The summed E-state index contributed by atoms with van der Waals surface area (Å²) in [4.78, 5) is 36.9. The van der Waals surface area contributed by atoms with E-state index in [0.29, 0.717) is 0 Å². The topological polar surface area (TPSA) is 87.7 Å². The SMILES string of the molecule is O=C1CCC(c2c(F)cc(N3CC(OC(=O)NC45CC(C(F)F)(C4)C5)C3)cc2F)C(=O)N1. The van der Waals surface area contributed by atoms with E-state index in [1.165, 1.54) is 0 Å². The van der Waals surface area contributed by atoms with Crippen molar-refractivity contribution in [2.24, 2.45) is 5.41 Å². The summed E-state index contributed by atoms with van der Waals surface area (Å²) in [6.07, 6.45) is -2.76. The standard InChI is InChI=1S/C21H21F4N3O4/c22-13-3-10(4-14(23)16(13)12-1-2-15(29)26-17(12)30)28-5-11(6-28)32-19(31)27-21-7-20(8-21,9-21)18(24)25/h3-4,11-12,18H,1-2,5-9H2,(H,27,31)(H,26,29,30). The molecule has 1 aromatic rings. The van der Waals surface area contributed by atoms with Crippen LogP contribution in [0.5, 0.6) is 0 Å². The summed E-state index contributed by atoms with van der Waals surface area (Å²) in [7, 11) is 0. The van der Waals surface area contributed by atoms with Crippen LogP contribution in [-0.4, -0.2) is 49.1 Å². The van der Waals surface area contributed by atoms with E-state index in [1.807, 2.05) is 0 Å². The van der Waals surface area contributed by atoms with Crippen LogP contribution in [0, 0.1) is 17.0 Å². The molecular weight excluding hydrogens is 434 g/mol. The lowest BCUT2D eigenvalue weighted by Crippen LogP contribution is -2.77. The molecule has 1 unspecified atom stereocenters. The molecule has 7 nitrogen and oxygen atoms in total. The van der Waals surface area contributed by atoms with Crippen LogP contribution in [0.3, 0.4) is 0 Å². The number of carbonyl (C=O) groups excluding carboxylic acids is 3. The minimum absolute atomic E-state index is 0.00858. The summed E-state index contributed by atoms with van der Waals surface area (Å²) in [5, 5.41) is 4.75. The highest BCUT2D eigenvalue weighted by atomic mass is 19.3. The van der Waals surface area contributed by atoms with E-state index in [4.69, 9.17) is 4.74 Å². The molecule has 1 atom stereocenters. The summed E-state index contributed by atoms with van der Waals surface area (Å²) in [6.45, 7) is 0.441. The molecule has 2 heterocycles. The summed E-state index contributed by atoms with van der Waals surface area (Å²) in [6, 6.07) is 2.23. The number of alkyl halides is 2. The Balaban J connectivity index is 1.15. The average Bonchev–Trinajstić information content (AvgIpc) is 2.60. The minimum atomic E-state index is -2.38. The number of anilines is 1. The van der Waals surface area contributed by atoms with Gasteiger partial charge in [0.1, 0.15) is 17.7 Å². The lowest BCUT2D eigenvalue weighted by molar-refractivity contribution is -0.225. The molecule has 5 fully saturated rings. The van der Waals surface area contributed by atoms with Crippen molar-refractivity contribution in [3.05, 3.63) is 29.3 Å². The quantitative estimate of drug-likeness (QED) is 0.527. The normalized spacial score (nSPS) is 31.4. The van der Waals surface area contributed by atoms with Gasteiger partial charge in [0.2, 0.25) is 18.2 Å². The van der Waals surface area contributed by atoms with Gasteiger partial charge in [0.25, 0.3) is 0 Å². The number of benzene rings is 1. The fourth-order valence-corrected chi connectivity index (χ4v) is 5.41. The van der Waals surface area contributed by atoms with Crippen molar-refractivity contribution in [2.45, 2.75) is 56.1 Å². The molecule has 2 saturated heterocycles. The van der Waals surface area contributed by atoms with Crippen molar-refractivity contribution in [3.63, 3.8) is 0 Å². The molecule has 3 aliphatic carbocycles. The molecule has 0 radical (unpaired) electrons. The molecule has 32 heavy (non-hydrogen) atoms. The molecule has 172 valence electrons. The van der Waals surface area contributed by atoms with Crippen molar-refractivity contribution < 1.29 is 36.7 Å². The Bertz CT molecular complexity index is 968. The van der Waals surface area contributed by atoms with Gasteiger partial charge in [0.05, 0.1) is 19.0 Å². The van der Waals surface area contributed by atoms with Gasteiger partial charge in [-0.15, -0.1) is 0 Å². The van der Waals surface area contributed by atoms with Crippen LogP contribution in [0.1, 0.15) is 43.6 Å². The number of carbonyl (C=O) groups is 3. The fraction of sp³-hybridized carbons (Fsp3) is 0.571. The summed E-state index contributed by atoms with van der Waals surface area (Å²) in [5.74, 6) is -4.03. The smallest absolute Gasteiger partial charge is 0.407 e. The Morgan fingerprint density at radius 2 is 1.78 bits per heavy atom. The van der Waals surface area contributed by atoms with Crippen molar-refractivity contribution in [1.82, 2.24) is 10.6 Å². The van der Waals surface area contributed by atoms with E-state index in [9.17, 15) is 31.9 Å². The van der Waals surface area contributed by atoms with Gasteiger partial charge < -0.3 is 15.0 Å². The van der Waals surface area contributed by atoms with Crippen LogP contribution in [0.15, 0.2) is 12.1 Å². The second-order valence-electron chi connectivity index (χ2n) is 9.36. The first-order valence-corrected chi connectivity index (χ1v) is 10.4. The molecule has 6 rings (SSSR count). The van der Waals surface area contributed by atoms with Crippen LogP contribution in [0.25, 0.3) is 0 Å². The van der Waals surface area contributed by atoms with Crippen molar-refractivity contribution in [1.29, 1.82) is 0 Å². The summed E-state index contributed by atoms with van der Waals surface area (Å²) < 4.78 is 60.3. The first kappa shape index (κ1) is 21.0. The number of rotatable bonds is 5.